The molecule has 0 unspecified atom stereocenters. The summed E-state index contributed by atoms with van der Waals surface area (Å²) in [6.07, 6.45) is -4.42. The predicted octanol–water partition coefficient (Wildman–Crippen LogP) is 0.170. The lowest BCUT2D eigenvalue weighted by molar-refractivity contribution is -0.139. The van der Waals surface area contributed by atoms with Gasteiger partial charge in [-0.05, 0) is 12.1 Å². The molecule has 1 aromatic carbocycles. The van der Waals surface area contributed by atoms with Gasteiger partial charge >= 0.3 is 6.18 Å². The fourth-order valence-electron chi connectivity index (χ4n) is 0.982. The maximum Gasteiger partial charge on any atom is 0.417 e. The summed E-state index contributed by atoms with van der Waals surface area (Å²) in [5.41, 5.74) is 4.12. The lowest BCUT2D eigenvalue weighted by Crippen LogP contribution is -2.47. The van der Waals surface area contributed by atoms with Crippen LogP contribution in [0.25, 0.3) is 0 Å². The van der Waals surface area contributed by atoms with Crippen LogP contribution in [0.5, 0.6) is 0 Å². The molecule has 1 rings (SSSR count). The zero-order valence-electron chi connectivity index (χ0n) is 6.60. The van der Waals surface area contributed by atoms with Crippen LogP contribution in [0.2, 0.25) is 0 Å². The van der Waals surface area contributed by atoms with Crippen LogP contribution in [0, 0.1) is 0 Å². The molecule has 70 valence electrons. The first kappa shape index (κ1) is 9.57. The van der Waals surface area contributed by atoms with Crippen molar-refractivity contribution >= 4 is 5.84 Å². The molecular formula is C8H8F3N2+. The Kier molecular flexibility index (Phi) is 2.27. The molecule has 2 nitrogen and oxygen atoms in total. The third kappa shape index (κ3) is 1.99. The molecule has 13 heavy (non-hydrogen) atoms. The van der Waals surface area contributed by atoms with Gasteiger partial charge in [-0.15, -0.1) is 0 Å². The van der Waals surface area contributed by atoms with E-state index in [1.807, 2.05) is 0 Å². The summed E-state index contributed by atoms with van der Waals surface area (Å²) in [4.78, 5) is 0. The summed E-state index contributed by atoms with van der Waals surface area (Å²) in [5, 5.41) is 5.11. The van der Waals surface area contributed by atoms with Gasteiger partial charge in [0.05, 0.1) is 11.1 Å². The van der Waals surface area contributed by atoms with Crippen molar-refractivity contribution < 1.29 is 18.6 Å². The minimum absolute atomic E-state index is 0.171. The van der Waals surface area contributed by atoms with Crippen molar-refractivity contribution in [1.82, 2.24) is 0 Å². The average Bonchev–Trinajstić information content (AvgIpc) is 2.03. The zero-order valence-corrected chi connectivity index (χ0v) is 6.60. The molecule has 0 heterocycles. The Balaban J connectivity index is 3.28. The fourth-order valence-corrected chi connectivity index (χ4v) is 0.982. The van der Waals surface area contributed by atoms with Crippen LogP contribution in [0.4, 0.5) is 13.2 Å². The van der Waals surface area contributed by atoms with Gasteiger partial charge in [-0.25, -0.2) is 0 Å². The first-order chi connectivity index (χ1) is 5.93. The Morgan fingerprint density at radius 2 is 1.77 bits per heavy atom. The fraction of sp³-hybridized carbons (Fsp3) is 0.125. The van der Waals surface area contributed by atoms with Crippen molar-refractivity contribution in [3.8, 4) is 0 Å². The van der Waals surface area contributed by atoms with Crippen LogP contribution >= 0.6 is 0 Å². The van der Waals surface area contributed by atoms with Gasteiger partial charge < -0.3 is 0 Å². The molecular weight excluding hydrogens is 181 g/mol. The van der Waals surface area contributed by atoms with Crippen molar-refractivity contribution in [2.75, 3.05) is 0 Å². The van der Waals surface area contributed by atoms with Crippen LogP contribution in [0.3, 0.4) is 0 Å². The van der Waals surface area contributed by atoms with Crippen LogP contribution in [-0.4, -0.2) is 5.84 Å². The lowest BCUT2D eigenvalue weighted by atomic mass is 10.1. The van der Waals surface area contributed by atoms with Gasteiger partial charge in [0.25, 0.3) is 5.84 Å². The van der Waals surface area contributed by atoms with Crippen LogP contribution in [-0.2, 0) is 6.18 Å². The van der Waals surface area contributed by atoms with Gasteiger partial charge in [-0.3, -0.25) is 11.1 Å². The molecule has 0 radical (unpaired) electrons. The molecule has 0 aliphatic rings. The first-order valence-electron chi connectivity index (χ1n) is 3.47. The van der Waals surface area contributed by atoms with E-state index < -0.39 is 11.7 Å². The number of halogens is 3. The number of benzene rings is 1. The molecule has 5 heteroatoms. The van der Waals surface area contributed by atoms with Gasteiger partial charge in [0.15, 0.2) is 0 Å². The van der Waals surface area contributed by atoms with Crippen molar-refractivity contribution in [3.05, 3.63) is 35.4 Å². The highest BCUT2D eigenvalue weighted by Gasteiger charge is 2.34. The van der Waals surface area contributed by atoms with Gasteiger partial charge in [-0.1, -0.05) is 12.1 Å². The molecule has 0 atom stereocenters. The second kappa shape index (κ2) is 3.08. The summed E-state index contributed by atoms with van der Waals surface area (Å²) >= 11 is 0. The second-order valence-electron chi connectivity index (χ2n) is 2.50. The molecule has 1 aromatic rings. The molecule has 0 fully saturated rings. The summed E-state index contributed by atoms with van der Waals surface area (Å²) in [6.45, 7) is 0. The van der Waals surface area contributed by atoms with Gasteiger partial charge in [0, 0.05) is 0 Å². The summed E-state index contributed by atoms with van der Waals surface area (Å²) < 4.78 is 36.9. The van der Waals surface area contributed by atoms with E-state index in [1.54, 1.807) is 0 Å². The topological polar surface area (TPSA) is 51.6 Å². The number of hydrogen-bond acceptors (Lipinski definition) is 0. The van der Waals surface area contributed by atoms with Crippen molar-refractivity contribution in [1.29, 1.82) is 0 Å². The number of amidine groups is 1. The number of hydrogen-bond donors (Lipinski definition) is 2. The predicted molar refractivity (Wildman–Crippen MR) is 41.7 cm³/mol. The maximum absolute atomic E-state index is 12.3. The van der Waals surface area contributed by atoms with Crippen LogP contribution in [0.15, 0.2) is 24.3 Å². The maximum atomic E-state index is 12.3. The van der Waals surface area contributed by atoms with E-state index in [9.17, 15) is 13.2 Å². The van der Waals surface area contributed by atoms with Gasteiger partial charge in [0.2, 0.25) is 0 Å². The van der Waals surface area contributed by atoms with E-state index in [-0.39, 0.29) is 11.4 Å². The minimum Gasteiger partial charge on any atom is -0.287 e. The molecule has 0 spiro atoms. The molecule has 0 bridgehead atoms. The largest absolute Gasteiger partial charge is 0.417 e. The zero-order chi connectivity index (χ0) is 10.1. The van der Waals surface area contributed by atoms with Crippen LogP contribution in [0.1, 0.15) is 11.1 Å². The van der Waals surface area contributed by atoms with E-state index in [0.29, 0.717) is 0 Å². The molecule has 4 N–H and O–H groups in total. The summed E-state index contributed by atoms with van der Waals surface area (Å²) in [5.74, 6) is -0.326. The van der Waals surface area contributed by atoms with Crippen LogP contribution < -0.4 is 11.1 Å². The Labute approximate surface area is 72.7 Å². The third-order valence-corrected chi connectivity index (χ3v) is 1.54. The van der Waals surface area contributed by atoms with E-state index in [0.717, 1.165) is 6.07 Å². The second-order valence-corrected chi connectivity index (χ2v) is 2.50. The van der Waals surface area contributed by atoms with Crippen molar-refractivity contribution in [2.24, 2.45) is 5.73 Å². The third-order valence-electron chi connectivity index (χ3n) is 1.54. The highest BCUT2D eigenvalue weighted by molar-refractivity contribution is 5.94. The van der Waals surface area contributed by atoms with E-state index >= 15 is 0 Å². The number of rotatable bonds is 1. The quantitative estimate of drug-likeness (QED) is 0.480. The smallest absolute Gasteiger partial charge is 0.287 e. The minimum atomic E-state index is -4.42. The SMILES string of the molecule is NC(=[NH2+])c1ccccc1C(F)(F)F. The highest BCUT2D eigenvalue weighted by atomic mass is 19.4. The molecule has 0 saturated heterocycles. The Bertz CT molecular complexity index is 330. The lowest BCUT2D eigenvalue weighted by Gasteiger charge is -2.08. The average molecular weight is 189 g/mol. The monoisotopic (exact) mass is 189 g/mol. The van der Waals surface area contributed by atoms with E-state index in [2.05, 4.69) is 0 Å². The Morgan fingerprint density at radius 3 is 2.15 bits per heavy atom. The Morgan fingerprint density at radius 1 is 1.23 bits per heavy atom. The van der Waals surface area contributed by atoms with Gasteiger partial charge in [0.1, 0.15) is 0 Å². The van der Waals surface area contributed by atoms with Gasteiger partial charge in [-0.2, -0.15) is 13.2 Å². The number of alkyl halides is 3. The van der Waals surface area contributed by atoms with Crippen molar-refractivity contribution in [3.63, 3.8) is 0 Å². The summed E-state index contributed by atoms with van der Waals surface area (Å²) in [6, 6.07) is 4.91. The molecule has 0 amide bonds. The molecule has 0 aromatic heterocycles. The highest BCUT2D eigenvalue weighted by Crippen LogP contribution is 2.31. The normalized spacial score (nSPS) is 11.3. The van der Waals surface area contributed by atoms with Crippen molar-refractivity contribution in [2.45, 2.75) is 6.18 Å². The molecule has 0 saturated carbocycles. The number of nitrogens with two attached hydrogens (primary N) is 2. The molecule has 0 aliphatic carbocycles. The Hall–Kier alpha value is -1.52. The van der Waals surface area contributed by atoms with E-state index in [4.69, 9.17) is 11.1 Å². The standard InChI is InChI=1S/C8H7F3N2/c9-8(10,11)6-4-2-1-3-5(6)7(12)13/h1-4H,(H3,12,13)/p+1. The first-order valence-corrected chi connectivity index (χ1v) is 3.47. The summed E-state index contributed by atoms with van der Waals surface area (Å²) in [7, 11) is 0. The van der Waals surface area contributed by atoms with E-state index in [1.165, 1.54) is 18.2 Å². The molecule has 0 aliphatic heterocycles.